The van der Waals surface area contributed by atoms with Gasteiger partial charge in [-0.05, 0) is 11.4 Å². The molecule has 0 unspecified atom stereocenters. The van der Waals surface area contributed by atoms with Crippen LogP contribution in [0, 0.1) is 0 Å². The second-order valence-electron chi connectivity index (χ2n) is 3.34. The van der Waals surface area contributed by atoms with Gasteiger partial charge in [0.2, 0.25) is 0 Å². The largest absolute Gasteiger partial charge is 0.346 e. The Kier molecular flexibility index (Phi) is 4.45. The molecule has 1 amide bonds. The summed E-state index contributed by atoms with van der Waals surface area (Å²) in [5, 5.41) is 5.06. The first-order valence-electron chi connectivity index (χ1n) is 4.89. The molecule has 18 heavy (non-hydrogen) atoms. The number of carbonyl (C=O) groups excluding carboxylic acids is 1. The van der Waals surface area contributed by atoms with Crippen LogP contribution in [0.25, 0.3) is 0 Å². The zero-order valence-corrected chi connectivity index (χ0v) is 12.0. The minimum Gasteiger partial charge on any atom is -0.346 e. The summed E-state index contributed by atoms with van der Waals surface area (Å²) in [6.45, 7) is 0.425. The second kappa shape index (κ2) is 5.89. The topological polar surface area (TPSA) is 42.0 Å². The smallest absolute Gasteiger partial charge is 0.271 e. The van der Waals surface area contributed by atoms with E-state index in [1.54, 1.807) is 11.3 Å². The standard InChI is InChI=1S/C11H7Cl3N2OS/c12-7-5-15-10(9(14)8(7)13)11(17)16-4-6-2-1-3-18-6/h1-3,5H,4H2,(H,16,17). The van der Waals surface area contributed by atoms with Gasteiger partial charge in [-0.2, -0.15) is 0 Å². The van der Waals surface area contributed by atoms with Crippen molar-refractivity contribution in [1.82, 2.24) is 10.3 Å². The Morgan fingerprint density at radius 1 is 1.33 bits per heavy atom. The van der Waals surface area contributed by atoms with Crippen molar-refractivity contribution in [2.45, 2.75) is 6.54 Å². The van der Waals surface area contributed by atoms with Crippen LogP contribution in [-0.4, -0.2) is 10.9 Å². The van der Waals surface area contributed by atoms with Gasteiger partial charge in [0.1, 0.15) is 5.69 Å². The lowest BCUT2D eigenvalue weighted by molar-refractivity contribution is 0.0946. The Morgan fingerprint density at radius 2 is 2.11 bits per heavy atom. The van der Waals surface area contributed by atoms with Crippen molar-refractivity contribution < 1.29 is 4.79 Å². The molecule has 0 aliphatic rings. The average Bonchev–Trinajstić information content (AvgIpc) is 2.86. The number of nitrogens with zero attached hydrogens (tertiary/aromatic N) is 1. The molecule has 0 spiro atoms. The number of hydrogen-bond acceptors (Lipinski definition) is 3. The van der Waals surface area contributed by atoms with E-state index in [-0.39, 0.29) is 26.7 Å². The summed E-state index contributed by atoms with van der Waals surface area (Å²) in [4.78, 5) is 16.8. The SMILES string of the molecule is O=C(NCc1cccs1)c1ncc(Cl)c(Cl)c1Cl. The highest BCUT2D eigenvalue weighted by molar-refractivity contribution is 7.09. The number of aromatic nitrogens is 1. The Hall–Kier alpha value is -0.810. The molecule has 0 saturated heterocycles. The predicted octanol–water partition coefficient (Wildman–Crippen LogP) is 4.03. The maximum absolute atomic E-state index is 11.9. The van der Waals surface area contributed by atoms with Crippen LogP contribution in [0.3, 0.4) is 0 Å². The van der Waals surface area contributed by atoms with Crippen LogP contribution in [0.4, 0.5) is 0 Å². The number of pyridine rings is 1. The van der Waals surface area contributed by atoms with E-state index < -0.39 is 0 Å². The Morgan fingerprint density at radius 3 is 2.78 bits per heavy atom. The fourth-order valence-corrected chi connectivity index (χ4v) is 2.48. The molecule has 2 heterocycles. The van der Waals surface area contributed by atoms with Gasteiger partial charge in [0.25, 0.3) is 5.91 Å². The van der Waals surface area contributed by atoms with E-state index in [0.717, 1.165) is 4.88 Å². The van der Waals surface area contributed by atoms with Crippen LogP contribution in [0.1, 0.15) is 15.4 Å². The number of hydrogen-bond donors (Lipinski definition) is 1. The number of carbonyl (C=O) groups is 1. The fourth-order valence-electron chi connectivity index (χ4n) is 1.27. The normalized spacial score (nSPS) is 10.4. The molecule has 0 bridgehead atoms. The molecule has 0 radical (unpaired) electrons. The molecule has 0 aliphatic carbocycles. The summed E-state index contributed by atoms with van der Waals surface area (Å²) in [6, 6.07) is 3.84. The minimum absolute atomic E-state index is 0.0628. The van der Waals surface area contributed by atoms with E-state index in [0.29, 0.717) is 6.54 Å². The molecule has 94 valence electrons. The molecule has 0 saturated carbocycles. The second-order valence-corrected chi connectivity index (χ2v) is 5.54. The average molecular weight is 322 g/mol. The van der Waals surface area contributed by atoms with E-state index in [9.17, 15) is 4.79 Å². The molecule has 2 aromatic heterocycles. The van der Waals surface area contributed by atoms with Gasteiger partial charge in [-0.15, -0.1) is 11.3 Å². The van der Waals surface area contributed by atoms with Gasteiger partial charge in [-0.1, -0.05) is 40.9 Å². The van der Waals surface area contributed by atoms with Gasteiger partial charge in [-0.3, -0.25) is 4.79 Å². The Labute approximate surface area is 123 Å². The molecule has 0 atom stereocenters. The zero-order valence-electron chi connectivity index (χ0n) is 8.91. The summed E-state index contributed by atoms with van der Waals surface area (Å²) in [6.07, 6.45) is 1.30. The van der Waals surface area contributed by atoms with Crippen molar-refractivity contribution in [3.05, 3.63) is 49.3 Å². The van der Waals surface area contributed by atoms with Crippen LogP contribution < -0.4 is 5.32 Å². The van der Waals surface area contributed by atoms with E-state index in [2.05, 4.69) is 10.3 Å². The van der Waals surface area contributed by atoms with Crippen molar-refractivity contribution in [3.63, 3.8) is 0 Å². The minimum atomic E-state index is -0.382. The Bertz CT molecular complexity index is 572. The third kappa shape index (κ3) is 2.95. The summed E-state index contributed by atoms with van der Waals surface area (Å²) in [5.74, 6) is -0.382. The molecule has 2 rings (SSSR count). The summed E-state index contributed by atoms with van der Waals surface area (Å²) >= 11 is 19.1. The first-order valence-corrected chi connectivity index (χ1v) is 6.91. The number of amides is 1. The van der Waals surface area contributed by atoms with E-state index >= 15 is 0 Å². The highest BCUT2D eigenvalue weighted by atomic mass is 35.5. The maximum Gasteiger partial charge on any atom is 0.271 e. The number of thiophene rings is 1. The maximum atomic E-state index is 11.9. The molecular formula is C11H7Cl3N2OS. The van der Waals surface area contributed by atoms with Crippen molar-refractivity contribution in [2.24, 2.45) is 0 Å². The van der Waals surface area contributed by atoms with Crippen molar-refractivity contribution in [1.29, 1.82) is 0 Å². The number of halogens is 3. The summed E-state index contributed by atoms with van der Waals surface area (Å²) < 4.78 is 0. The van der Waals surface area contributed by atoms with Crippen molar-refractivity contribution >= 4 is 52.0 Å². The van der Waals surface area contributed by atoms with E-state index in [1.807, 2.05) is 17.5 Å². The molecule has 0 aromatic carbocycles. The molecular weight excluding hydrogens is 315 g/mol. The first-order chi connectivity index (χ1) is 8.59. The third-order valence-electron chi connectivity index (χ3n) is 2.14. The quantitative estimate of drug-likeness (QED) is 0.927. The Balaban J connectivity index is 2.12. The van der Waals surface area contributed by atoms with Gasteiger partial charge < -0.3 is 5.32 Å². The first kappa shape index (κ1) is 13.6. The van der Waals surface area contributed by atoms with Crippen LogP contribution in [0.2, 0.25) is 15.1 Å². The molecule has 1 N–H and O–H groups in total. The lowest BCUT2D eigenvalue weighted by Gasteiger charge is -2.06. The van der Waals surface area contributed by atoms with E-state index in [1.165, 1.54) is 6.20 Å². The fraction of sp³-hybridized carbons (Fsp3) is 0.0909. The molecule has 7 heteroatoms. The van der Waals surface area contributed by atoms with Gasteiger partial charge in [0.15, 0.2) is 0 Å². The van der Waals surface area contributed by atoms with E-state index in [4.69, 9.17) is 34.8 Å². The van der Waals surface area contributed by atoms with Crippen molar-refractivity contribution in [3.8, 4) is 0 Å². The van der Waals surface area contributed by atoms with Crippen LogP contribution >= 0.6 is 46.1 Å². The molecule has 2 aromatic rings. The molecule has 3 nitrogen and oxygen atoms in total. The monoisotopic (exact) mass is 320 g/mol. The lowest BCUT2D eigenvalue weighted by Crippen LogP contribution is -2.23. The number of rotatable bonds is 3. The van der Waals surface area contributed by atoms with Gasteiger partial charge in [0.05, 0.1) is 21.6 Å². The highest BCUT2D eigenvalue weighted by Gasteiger charge is 2.16. The van der Waals surface area contributed by atoms with Crippen LogP contribution in [-0.2, 0) is 6.54 Å². The van der Waals surface area contributed by atoms with Gasteiger partial charge in [-0.25, -0.2) is 4.98 Å². The zero-order chi connectivity index (χ0) is 13.1. The predicted molar refractivity (Wildman–Crippen MR) is 74.8 cm³/mol. The van der Waals surface area contributed by atoms with Gasteiger partial charge >= 0.3 is 0 Å². The third-order valence-corrected chi connectivity index (χ3v) is 4.25. The van der Waals surface area contributed by atoms with Crippen LogP contribution in [0.5, 0.6) is 0 Å². The summed E-state index contributed by atoms with van der Waals surface area (Å²) in [5.41, 5.74) is 0.0719. The molecule has 0 aliphatic heterocycles. The van der Waals surface area contributed by atoms with Crippen LogP contribution in [0.15, 0.2) is 23.7 Å². The molecule has 0 fully saturated rings. The lowest BCUT2D eigenvalue weighted by atomic mass is 10.3. The number of nitrogens with one attached hydrogen (secondary N) is 1. The highest BCUT2D eigenvalue weighted by Crippen LogP contribution is 2.30. The van der Waals surface area contributed by atoms with Gasteiger partial charge in [0, 0.05) is 11.1 Å². The van der Waals surface area contributed by atoms with Crippen molar-refractivity contribution in [2.75, 3.05) is 0 Å². The summed E-state index contributed by atoms with van der Waals surface area (Å²) in [7, 11) is 0.